The largest absolute Gasteiger partial charge is 0.326 e. The van der Waals surface area contributed by atoms with Crippen molar-refractivity contribution in [1.82, 2.24) is 9.62 Å². The summed E-state index contributed by atoms with van der Waals surface area (Å²) in [7, 11) is -3.51. The minimum atomic E-state index is -3.51. The van der Waals surface area contributed by atoms with Crippen molar-refractivity contribution in [2.45, 2.75) is 56.9 Å². The Morgan fingerprint density at radius 1 is 1.24 bits per heavy atom. The van der Waals surface area contributed by atoms with Crippen LogP contribution in [0, 0.1) is 0 Å². The Morgan fingerprint density at radius 2 is 1.96 bits per heavy atom. The predicted molar refractivity (Wildman–Crippen MR) is 100 cm³/mol. The molecule has 7 heteroatoms. The van der Waals surface area contributed by atoms with E-state index in [1.807, 2.05) is 0 Å². The summed E-state index contributed by atoms with van der Waals surface area (Å²) in [6.07, 6.45) is 5.76. The number of anilines is 1. The highest BCUT2D eigenvalue weighted by molar-refractivity contribution is 7.89. The molecule has 0 aromatic heterocycles. The smallest absolute Gasteiger partial charge is 0.240 e. The molecule has 0 bridgehead atoms. The van der Waals surface area contributed by atoms with Gasteiger partial charge in [-0.05, 0) is 63.0 Å². The lowest BCUT2D eigenvalue weighted by Gasteiger charge is -2.35. The molecule has 1 heterocycles. The molecule has 0 aliphatic carbocycles. The second kappa shape index (κ2) is 9.31. The molecule has 0 saturated carbocycles. The summed E-state index contributed by atoms with van der Waals surface area (Å²) in [5.41, 5.74) is 0.585. The molecule has 1 aliphatic rings. The van der Waals surface area contributed by atoms with Gasteiger partial charge in [0.25, 0.3) is 0 Å². The van der Waals surface area contributed by atoms with Gasteiger partial charge in [0.2, 0.25) is 15.9 Å². The maximum atomic E-state index is 12.3. The molecular weight excluding hydrogens is 338 g/mol. The van der Waals surface area contributed by atoms with Crippen LogP contribution in [0.15, 0.2) is 29.2 Å². The van der Waals surface area contributed by atoms with Crippen LogP contribution in [-0.2, 0) is 14.8 Å². The molecule has 0 spiro atoms. The molecule has 25 heavy (non-hydrogen) atoms. The van der Waals surface area contributed by atoms with E-state index in [1.54, 1.807) is 12.1 Å². The molecule has 0 radical (unpaired) electrons. The first-order chi connectivity index (χ1) is 11.9. The van der Waals surface area contributed by atoms with Crippen LogP contribution in [0.25, 0.3) is 0 Å². The van der Waals surface area contributed by atoms with Crippen molar-refractivity contribution >= 4 is 21.6 Å². The second-order valence-corrected chi connectivity index (χ2v) is 8.32. The van der Waals surface area contributed by atoms with E-state index in [-0.39, 0.29) is 10.8 Å². The normalized spacial score (nSPS) is 18.9. The molecule has 2 rings (SSSR count). The lowest BCUT2D eigenvalue weighted by Crippen LogP contribution is -2.40. The number of likely N-dealkylation sites (tertiary alicyclic amines) is 1. The van der Waals surface area contributed by atoms with Gasteiger partial charge in [0.1, 0.15) is 0 Å². The van der Waals surface area contributed by atoms with E-state index in [0.29, 0.717) is 18.3 Å². The van der Waals surface area contributed by atoms with Gasteiger partial charge >= 0.3 is 0 Å². The number of hydrogen-bond donors (Lipinski definition) is 2. The van der Waals surface area contributed by atoms with Crippen LogP contribution < -0.4 is 10.0 Å². The van der Waals surface area contributed by atoms with E-state index in [0.717, 1.165) is 25.9 Å². The molecular formula is C18H29N3O3S. The van der Waals surface area contributed by atoms with Crippen LogP contribution in [0.2, 0.25) is 0 Å². The van der Waals surface area contributed by atoms with E-state index >= 15 is 0 Å². The quantitative estimate of drug-likeness (QED) is 0.692. The Labute approximate surface area is 151 Å². The number of hydrogen-bond acceptors (Lipinski definition) is 4. The van der Waals surface area contributed by atoms with E-state index in [4.69, 9.17) is 0 Å². The van der Waals surface area contributed by atoms with Crippen LogP contribution >= 0.6 is 0 Å². The highest BCUT2D eigenvalue weighted by Crippen LogP contribution is 2.19. The topological polar surface area (TPSA) is 78.5 Å². The van der Waals surface area contributed by atoms with Gasteiger partial charge in [-0.1, -0.05) is 13.3 Å². The van der Waals surface area contributed by atoms with E-state index in [1.165, 1.54) is 38.3 Å². The van der Waals surface area contributed by atoms with Crippen molar-refractivity contribution in [3.63, 3.8) is 0 Å². The summed E-state index contributed by atoms with van der Waals surface area (Å²) < 4.78 is 27.3. The van der Waals surface area contributed by atoms with Crippen LogP contribution in [-0.4, -0.2) is 44.9 Å². The first-order valence-corrected chi connectivity index (χ1v) is 10.5. The van der Waals surface area contributed by atoms with Crippen LogP contribution in [0.4, 0.5) is 5.69 Å². The molecule has 1 amide bonds. The number of carbonyl (C=O) groups excluding carboxylic acids is 1. The third-order valence-electron chi connectivity index (χ3n) is 4.62. The lowest BCUT2D eigenvalue weighted by atomic mass is 10.00. The van der Waals surface area contributed by atoms with Gasteiger partial charge < -0.3 is 10.2 Å². The second-order valence-electron chi connectivity index (χ2n) is 6.55. The van der Waals surface area contributed by atoms with Crippen LogP contribution in [0.1, 0.15) is 46.0 Å². The number of nitrogens with one attached hydrogen (secondary N) is 2. The summed E-state index contributed by atoms with van der Waals surface area (Å²) in [4.78, 5) is 13.7. The van der Waals surface area contributed by atoms with Crippen molar-refractivity contribution < 1.29 is 13.2 Å². The zero-order valence-corrected chi connectivity index (χ0v) is 15.9. The Hall–Kier alpha value is -1.44. The van der Waals surface area contributed by atoms with E-state index in [2.05, 4.69) is 21.9 Å². The minimum absolute atomic E-state index is 0.183. The number of nitrogens with zero attached hydrogens (tertiary/aromatic N) is 1. The number of carbonyl (C=O) groups is 1. The van der Waals surface area contributed by atoms with Crippen molar-refractivity contribution in [3.05, 3.63) is 24.3 Å². The Bertz CT molecular complexity index is 659. The summed E-state index contributed by atoms with van der Waals surface area (Å²) in [5, 5.41) is 2.62. The van der Waals surface area contributed by atoms with E-state index in [9.17, 15) is 13.2 Å². The molecule has 1 atom stereocenters. The lowest BCUT2D eigenvalue weighted by molar-refractivity contribution is -0.114. The molecule has 1 fully saturated rings. The maximum absolute atomic E-state index is 12.3. The first-order valence-electron chi connectivity index (χ1n) is 9.03. The summed E-state index contributed by atoms with van der Waals surface area (Å²) >= 11 is 0. The number of rotatable bonds is 8. The van der Waals surface area contributed by atoms with Crippen molar-refractivity contribution in [2.75, 3.05) is 25.0 Å². The van der Waals surface area contributed by atoms with Gasteiger partial charge in [0.15, 0.2) is 0 Å². The third kappa shape index (κ3) is 6.09. The average Bonchev–Trinajstić information content (AvgIpc) is 2.59. The summed E-state index contributed by atoms with van der Waals surface area (Å²) in [5.74, 6) is -0.183. The fourth-order valence-corrected chi connectivity index (χ4v) is 4.38. The van der Waals surface area contributed by atoms with Crippen molar-refractivity contribution in [3.8, 4) is 0 Å². The molecule has 140 valence electrons. The van der Waals surface area contributed by atoms with Gasteiger partial charge in [0.05, 0.1) is 4.90 Å². The van der Waals surface area contributed by atoms with Gasteiger partial charge in [-0.25, -0.2) is 13.1 Å². The molecule has 1 saturated heterocycles. The summed E-state index contributed by atoms with van der Waals surface area (Å²) in [6, 6.07) is 6.84. The Morgan fingerprint density at radius 3 is 2.60 bits per heavy atom. The predicted octanol–water partition coefficient (Wildman–Crippen LogP) is 2.58. The van der Waals surface area contributed by atoms with Gasteiger partial charge in [0, 0.05) is 25.2 Å². The molecule has 6 nitrogen and oxygen atoms in total. The van der Waals surface area contributed by atoms with Gasteiger partial charge in [-0.15, -0.1) is 0 Å². The zero-order chi connectivity index (χ0) is 18.3. The average molecular weight is 368 g/mol. The molecule has 1 aromatic carbocycles. The van der Waals surface area contributed by atoms with Crippen LogP contribution in [0.5, 0.6) is 0 Å². The first kappa shape index (κ1) is 19.9. The molecule has 0 unspecified atom stereocenters. The van der Waals surface area contributed by atoms with Gasteiger partial charge in [-0.2, -0.15) is 0 Å². The fraction of sp³-hybridized carbons (Fsp3) is 0.611. The third-order valence-corrected chi connectivity index (χ3v) is 6.10. The standard InChI is InChI=1S/C18H29N3O3S/c1-3-17-7-4-5-13-21(17)14-6-12-19-25(23,24)18-10-8-16(9-11-18)20-15(2)22/h8-11,17,19H,3-7,12-14H2,1-2H3,(H,20,22)/t17-/m0/s1. The van der Waals surface area contributed by atoms with E-state index < -0.39 is 10.0 Å². The van der Waals surface area contributed by atoms with Crippen molar-refractivity contribution in [1.29, 1.82) is 0 Å². The Balaban J connectivity index is 1.81. The zero-order valence-electron chi connectivity index (χ0n) is 15.1. The minimum Gasteiger partial charge on any atom is -0.326 e. The van der Waals surface area contributed by atoms with Crippen molar-refractivity contribution in [2.24, 2.45) is 0 Å². The highest BCUT2D eigenvalue weighted by atomic mass is 32.2. The Kier molecular flexibility index (Phi) is 7.40. The summed E-state index contributed by atoms with van der Waals surface area (Å²) in [6.45, 7) is 6.12. The highest BCUT2D eigenvalue weighted by Gasteiger charge is 2.20. The monoisotopic (exact) mass is 367 g/mol. The molecule has 2 N–H and O–H groups in total. The van der Waals surface area contributed by atoms with Crippen LogP contribution in [0.3, 0.4) is 0 Å². The molecule has 1 aliphatic heterocycles. The fourth-order valence-electron chi connectivity index (χ4n) is 3.31. The number of benzene rings is 1. The number of piperidine rings is 1. The SMILES string of the molecule is CC[C@H]1CCCCN1CCCNS(=O)(=O)c1ccc(NC(C)=O)cc1. The number of sulfonamides is 1. The molecule has 1 aromatic rings. The van der Waals surface area contributed by atoms with Gasteiger partial charge in [-0.3, -0.25) is 4.79 Å². The number of amides is 1. The maximum Gasteiger partial charge on any atom is 0.240 e.